The van der Waals surface area contributed by atoms with Crippen LogP contribution < -0.4 is 0 Å². The third-order valence-electron chi connectivity index (χ3n) is 8.89. The number of hydrogen-bond donors (Lipinski definition) is 0. The molecule has 0 atom stereocenters. The lowest BCUT2D eigenvalue weighted by Gasteiger charge is -2.56. The second kappa shape index (κ2) is 21.2. The molecule has 0 N–H and O–H groups in total. The fourth-order valence-electron chi connectivity index (χ4n) is 7.18. The minimum atomic E-state index is -1.27. The highest BCUT2D eigenvalue weighted by Gasteiger charge is 2.57. The van der Waals surface area contributed by atoms with E-state index in [4.69, 9.17) is 178 Å². The molecule has 0 amide bonds. The van der Waals surface area contributed by atoms with Crippen LogP contribution in [0, 0.1) is 0 Å². The second-order valence-corrected chi connectivity index (χ2v) is 12.1. The molecule has 0 aliphatic rings. The van der Waals surface area contributed by atoms with E-state index in [1.807, 2.05) is 0 Å². The van der Waals surface area contributed by atoms with Crippen molar-refractivity contribution in [2.75, 3.05) is 0 Å². The minimum Gasteiger partial charge on any atom is -0.146 e. The van der Waals surface area contributed by atoms with Crippen LogP contribution in [0.25, 0.3) is 0 Å². The van der Waals surface area contributed by atoms with Crippen LogP contribution in [0.5, 0.6) is 0 Å². The van der Waals surface area contributed by atoms with Gasteiger partial charge in [-0.3, -0.25) is 0 Å². The Bertz CT molecular complexity index is 614. The van der Waals surface area contributed by atoms with Gasteiger partial charge in [-0.25, -0.2) is 0 Å². The molecule has 0 spiro atoms. The molecule has 0 bridgehead atoms. The molecule has 44 heavy (non-hydrogen) atoms. The monoisotopic (exact) mass is 486 g/mol. The van der Waals surface area contributed by atoms with Crippen molar-refractivity contribution in [1.82, 2.24) is 0 Å². The lowest BCUT2D eigenvalue weighted by atomic mass is 8.37. The molecule has 0 heterocycles. The second-order valence-electron chi connectivity index (χ2n) is 12.1. The number of hydrogen-bond acceptors (Lipinski definition) is 0. The average molecular weight is 478 g/mol. The van der Waals surface area contributed by atoms with Gasteiger partial charge in [0.25, 0.3) is 0 Å². The normalized spacial score (nSPS) is 9.84. The van der Waals surface area contributed by atoms with E-state index in [2.05, 4.69) is 0 Å². The summed E-state index contributed by atoms with van der Waals surface area (Å²) in [6, 6.07) is 0. The van der Waals surface area contributed by atoms with E-state index in [0.29, 0.717) is 0 Å². The van der Waals surface area contributed by atoms with Crippen LogP contribution in [0.2, 0.25) is 5.62 Å². The maximum absolute atomic E-state index is 6.75. The highest BCUT2D eigenvalue weighted by molar-refractivity contribution is 8.16. The van der Waals surface area contributed by atoms with Crippen molar-refractivity contribution < 1.29 is 0 Å². The third kappa shape index (κ3) is 12.5. The molecule has 0 aromatic carbocycles. The zero-order valence-electron chi connectivity index (χ0n) is 25.4. The van der Waals surface area contributed by atoms with Gasteiger partial charge in [0.15, 0.2) is 0 Å². The lowest BCUT2D eigenvalue weighted by molar-refractivity contribution is 1.80. The van der Waals surface area contributed by atoms with E-state index in [9.17, 15) is 0 Å². The summed E-state index contributed by atoms with van der Waals surface area (Å²) in [5.74, 6) is 0. The topological polar surface area (TPSA) is 0 Å². The smallest absolute Gasteiger partial charge is 0.0294 e. The van der Waals surface area contributed by atoms with Crippen LogP contribution in [-0.2, 0) is 0 Å². The maximum atomic E-state index is 6.75. The van der Waals surface area contributed by atoms with Gasteiger partial charge < -0.3 is 0 Å². The Morgan fingerprint density at radius 1 is 0.205 bits per heavy atom. The first-order valence-electron chi connectivity index (χ1n) is 14.3. The fourth-order valence-corrected chi connectivity index (χ4v) is 7.18. The first-order valence-corrected chi connectivity index (χ1v) is 14.3. The van der Waals surface area contributed by atoms with Gasteiger partial charge in [0.2, 0.25) is 0 Å². The van der Waals surface area contributed by atoms with Crippen LogP contribution in [0.15, 0.2) is 0 Å². The van der Waals surface area contributed by atoms with Gasteiger partial charge in [-0.2, -0.15) is 0 Å². The van der Waals surface area contributed by atoms with Crippen molar-refractivity contribution in [2.24, 2.45) is 0 Å². The Kier molecular flexibility index (Phi) is 22.6. The molecule has 0 fully saturated rings. The molecule has 0 unspecified atom stereocenters. The SMILES string of the molecule is [B]B([B])B([B])B(B(B([B])[B])B([B])[B])C(B(B(B([B])[B])B([B])[B])B(B([B])[B])B([B])[B])B(B(B([B])[B])B([B])[B])B(B([B])[B])B([B])[B]. The summed E-state index contributed by atoms with van der Waals surface area (Å²) >= 11 is 0. The average Bonchev–Trinajstić information content (AvgIpc) is 2.80. The first kappa shape index (κ1) is 46.8. The Labute approximate surface area is 309 Å². The number of rotatable bonds is 20. The van der Waals surface area contributed by atoms with Gasteiger partial charge >= 0.3 is 0 Å². The van der Waals surface area contributed by atoms with E-state index in [1.54, 1.807) is 0 Å². The molecule has 0 aliphatic heterocycles. The first-order chi connectivity index (χ1) is 19.9. The van der Waals surface area contributed by atoms with Crippen LogP contribution in [-0.4, -0.2) is 306 Å². The zero-order valence-corrected chi connectivity index (χ0v) is 25.4. The van der Waals surface area contributed by atoms with Gasteiger partial charge in [0.05, 0.1) is 0 Å². The van der Waals surface area contributed by atoms with Crippen LogP contribution in [0.3, 0.4) is 0 Å². The fraction of sp³-hybridized carbons (Fsp3) is 1.00. The van der Waals surface area contributed by atoms with E-state index >= 15 is 0 Å². The van der Waals surface area contributed by atoms with Gasteiger partial charge in [-0.15, -0.1) is 5.62 Å². The standard InChI is InChI=1S/CHB43/c2-28(3)39(24)25(40(29(4)5)30(6)7)1(26(41(31(8)9)32(10)11)42(33(12)13)34(14)15)27(43(35(16)17)36(18)19)44(37(20)21)38(22)23/h1H. The molecular weight excluding hydrogens is 477 g/mol. The lowest BCUT2D eigenvalue weighted by Crippen LogP contribution is -2.86. The summed E-state index contributed by atoms with van der Waals surface area (Å²) in [7, 11) is 145. The van der Waals surface area contributed by atoms with Crippen molar-refractivity contribution in [3.8, 4) is 0 Å². The van der Waals surface area contributed by atoms with Crippen molar-refractivity contribution in [2.45, 2.75) is 5.62 Å². The van der Waals surface area contributed by atoms with Crippen molar-refractivity contribution in [1.29, 1.82) is 0 Å². The zero-order chi connectivity index (χ0) is 35.1. The van der Waals surface area contributed by atoms with Crippen molar-refractivity contribution in [3.63, 3.8) is 0 Å². The van der Waals surface area contributed by atoms with E-state index in [-0.39, 0.29) is 0 Å². The molecule has 0 aromatic heterocycles. The predicted octanol–water partition coefficient (Wildman–Crippen LogP) is -16.0. The summed E-state index contributed by atoms with van der Waals surface area (Å²) in [6.45, 7) is -3.44. The van der Waals surface area contributed by atoms with E-state index < -0.39 is 134 Å². The van der Waals surface area contributed by atoms with Crippen LogP contribution in [0.1, 0.15) is 0 Å². The molecule has 0 saturated carbocycles. The molecule has 0 rings (SSSR count). The minimum absolute atomic E-state index is 1.10. The summed E-state index contributed by atoms with van der Waals surface area (Å²) in [4.78, 5) is 0. The molecule has 46 radical (unpaired) electrons. The quantitative estimate of drug-likeness (QED) is 0.153. The molecule has 0 nitrogen and oxygen atoms in total. The molecule has 0 saturated heterocycles. The van der Waals surface area contributed by atoms with Gasteiger partial charge in [0.1, 0.15) is 0 Å². The summed E-state index contributed by atoms with van der Waals surface area (Å²) < 4.78 is 0. The van der Waals surface area contributed by atoms with Crippen molar-refractivity contribution >= 4 is 306 Å². The molecule has 0 aliphatic carbocycles. The highest BCUT2D eigenvalue weighted by atomic mass is 13.7. The Morgan fingerprint density at radius 3 is 0.500 bits per heavy atom. The van der Waals surface area contributed by atoms with E-state index in [1.165, 1.54) is 0 Å². The largest absolute Gasteiger partial charge is 0.146 e. The summed E-state index contributed by atoms with van der Waals surface area (Å²) in [6.07, 6.45) is -20.7. The van der Waals surface area contributed by atoms with Crippen molar-refractivity contribution in [3.05, 3.63) is 0 Å². The Balaban J connectivity index is 8.85. The molecule has 134 valence electrons. The predicted molar refractivity (Wildman–Crippen MR) is 251 cm³/mol. The van der Waals surface area contributed by atoms with Gasteiger partial charge in [-0.1, -0.05) is 0 Å². The van der Waals surface area contributed by atoms with Gasteiger partial charge in [-0.05, 0) is 0 Å². The Hall–Kier alpha value is 2.79. The maximum Gasteiger partial charge on any atom is 0.0294 e. The third-order valence-corrected chi connectivity index (χ3v) is 8.89. The van der Waals surface area contributed by atoms with Gasteiger partial charge in [0, 0.05) is 306 Å². The van der Waals surface area contributed by atoms with Crippen LogP contribution >= 0.6 is 0 Å². The highest BCUT2D eigenvalue weighted by Crippen LogP contribution is 2.31. The molecule has 0 aromatic rings. The Morgan fingerprint density at radius 2 is 0.364 bits per heavy atom. The summed E-state index contributed by atoms with van der Waals surface area (Å²) in [5.41, 5.74) is -1.18. The molecule has 43 heteroatoms. The van der Waals surface area contributed by atoms with E-state index in [0.717, 1.165) is 0 Å². The van der Waals surface area contributed by atoms with Crippen LogP contribution in [0.4, 0.5) is 0 Å². The molecular formula is CHB43. The summed E-state index contributed by atoms with van der Waals surface area (Å²) in [5, 5.41) is 0.